The van der Waals surface area contributed by atoms with Gasteiger partial charge in [-0.05, 0) is 61.6 Å². The molecule has 3 aromatic rings. The van der Waals surface area contributed by atoms with Crippen LogP contribution in [0.5, 0.6) is 5.75 Å². The van der Waals surface area contributed by atoms with Gasteiger partial charge in [0.2, 0.25) is 0 Å². The minimum Gasteiger partial charge on any atom is -0.497 e. The first-order valence-corrected chi connectivity index (χ1v) is 13.0. The fourth-order valence-corrected chi connectivity index (χ4v) is 5.99. The normalized spacial score (nSPS) is 14.6. The average molecular weight is 481 g/mol. The Morgan fingerprint density at radius 3 is 2.68 bits per heavy atom. The van der Waals surface area contributed by atoms with E-state index in [0.717, 1.165) is 50.3 Å². The molecule has 1 aliphatic rings. The lowest BCUT2D eigenvalue weighted by Crippen LogP contribution is -2.35. The Kier molecular flexibility index (Phi) is 7.95. The Balaban J connectivity index is 1.66. The lowest BCUT2D eigenvalue weighted by atomic mass is 9.92. The summed E-state index contributed by atoms with van der Waals surface area (Å²) in [7, 11) is 1.63. The Hall–Kier alpha value is -2.77. The summed E-state index contributed by atoms with van der Waals surface area (Å²) in [4.78, 5) is 17.1. The van der Waals surface area contributed by atoms with Gasteiger partial charge in [0, 0.05) is 47.7 Å². The van der Waals surface area contributed by atoms with E-state index in [-0.39, 0.29) is 12.1 Å². The number of carbonyl (C=O) groups is 1. The fourth-order valence-electron chi connectivity index (χ4n) is 4.57. The molecular formula is C27H36N4O2S. The number of anilines is 1. The first-order chi connectivity index (χ1) is 16.5. The number of thiophene rings is 1. The fraction of sp³-hybridized carbons (Fsp3) is 0.444. The van der Waals surface area contributed by atoms with Gasteiger partial charge < -0.3 is 19.9 Å². The molecule has 34 heavy (non-hydrogen) atoms. The first kappa shape index (κ1) is 24.4. The topological polar surface area (TPSA) is 58.5 Å². The van der Waals surface area contributed by atoms with Crippen LogP contribution in [0.15, 0.2) is 48.8 Å². The van der Waals surface area contributed by atoms with Crippen molar-refractivity contribution in [1.82, 2.24) is 14.8 Å². The molecule has 2 amide bonds. The number of hydrogen-bond donors (Lipinski definition) is 2. The number of rotatable bonds is 9. The van der Waals surface area contributed by atoms with Crippen LogP contribution in [0, 0.1) is 5.92 Å². The number of urea groups is 1. The molecule has 0 spiro atoms. The minimum atomic E-state index is -0.189. The molecule has 6 nitrogen and oxygen atoms in total. The molecule has 182 valence electrons. The van der Waals surface area contributed by atoms with Crippen molar-refractivity contribution in [2.75, 3.05) is 25.5 Å². The van der Waals surface area contributed by atoms with Crippen LogP contribution in [0.3, 0.4) is 0 Å². The van der Waals surface area contributed by atoms with E-state index in [1.807, 2.05) is 35.6 Å². The lowest BCUT2D eigenvalue weighted by Gasteiger charge is -2.28. The van der Waals surface area contributed by atoms with Crippen LogP contribution in [0.1, 0.15) is 55.7 Å². The van der Waals surface area contributed by atoms with Crippen LogP contribution in [0.2, 0.25) is 0 Å². The Bertz CT molecular complexity index is 1090. The molecule has 0 saturated carbocycles. The number of nitrogens with one attached hydrogen (secondary N) is 2. The van der Waals surface area contributed by atoms with Gasteiger partial charge in [0.25, 0.3) is 0 Å². The van der Waals surface area contributed by atoms with Crippen LogP contribution >= 0.6 is 11.3 Å². The minimum absolute atomic E-state index is 0.0569. The highest BCUT2D eigenvalue weighted by molar-refractivity contribution is 7.15. The third-order valence-electron chi connectivity index (χ3n) is 6.46. The van der Waals surface area contributed by atoms with Gasteiger partial charge in [0.15, 0.2) is 0 Å². The van der Waals surface area contributed by atoms with Gasteiger partial charge in [-0.25, -0.2) is 4.79 Å². The molecule has 1 aromatic carbocycles. The van der Waals surface area contributed by atoms with E-state index < -0.39 is 0 Å². The molecule has 0 bridgehead atoms. The number of likely N-dealkylation sites (N-methyl/N-ethyl adjacent to an activating group) is 1. The highest BCUT2D eigenvalue weighted by atomic mass is 32.1. The van der Waals surface area contributed by atoms with Gasteiger partial charge in [0.05, 0.1) is 13.2 Å². The molecule has 0 unspecified atom stereocenters. The van der Waals surface area contributed by atoms with E-state index in [1.54, 1.807) is 7.11 Å². The summed E-state index contributed by atoms with van der Waals surface area (Å²) in [6.45, 7) is 9.81. The van der Waals surface area contributed by atoms with Crippen molar-refractivity contribution >= 4 is 23.1 Å². The first-order valence-electron chi connectivity index (χ1n) is 12.2. The molecule has 0 radical (unpaired) electrons. The van der Waals surface area contributed by atoms with E-state index in [4.69, 9.17) is 4.74 Å². The maximum Gasteiger partial charge on any atom is 0.319 e. The van der Waals surface area contributed by atoms with Gasteiger partial charge in [-0.1, -0.05) is 26.8 Å². The van der Waals surface area contributed by atoms with Crippen molar-refractivity contribution in [3.05, 3.63) is 64.8 Å². The number of benzene rings is 1. The predicted octanol–water partition coefficient (Wildman–Crippen LogP) is 6.22. The summed E-state index contributed by atoms with van der Waals surface area (Å²) in [5, 5.41) is 7.56. The summed E-state index contributed by atoms with van der Waals surface area (Å²) in [5.74, 6) is 1.28. The van der Waals surface area contributed by atoms with Crippen molar-refractivity contribution in [1.29, 1.82) is 0 Å². The third-order valence-corrected chi connectivity index (χ3v) is 7.70. The monoisotopic (exact) mass is 480 g/mol. The van der Waals surface area contributed by atoms with Crippen molar-refractivity contribution in [3.8, 4) is 10.8 Å². The van der Waals surface area contributed by atoms with Crippen LogP contribution < -0.4 is 15.4 Å². The van der Waals surface area contributed by atoms with Gasteiger partial charge in [0.1, 0.15) is 10.8 Å². The predicted molar refractivity (Wildman–Crippen MR) is 140 cm³/mol. The maximum absolute atomic E-state index is 13.2. The number of amides is 2. The van der Waals surface area contributed by atoms with E-state index in [0.29, 0.717) is 5.92 Å². The van der Waals surface area contributed by atoms with Crippen molar-refractivity contribution in [3.63, 3.8) is 0 Å². The standard InChI is InChI=1S/C27H36N4O2S/c1-5-30-16-13-22-24(18-30)34-26(31-14-6-7-15-31)25(22)23(12-11-19(2)3)29-27(32)28-20-9-8-10-21(17-20)33-4/h6-10,14-15,17,19,23H,5,11-13,16,18H2,1-4H3,(H2,28,29,32)/t23-/m1/s1. The van der Waals surface area contributed by atoms with E-state index in [2.05, 4.69) is 65.4 Å². The zero-order valence-corrected chi connectivity index (χ0v) is 21.5. The van der Waals surface area contributed by atoms with Gasteiger partial charge in [-0.3, -0.25) is 4.90 Å². The van der Waals surface area contributed by atoms with Crippen LogP contribution in [0.25, 0.3) is 5.00 Å². The highest BCUT2D eigenvalue weighted by Gasteiger charge is 2.30. The van der Waals surface area contributed by atoms with Gasteiger partial charge in [-0.2, -0.15) is 0 Å². The van der Waals surface area contributed by atoms with Crippen molar-refractivity contribution in [2.24, 2.45) is 5.92 Å². The quantitative estimate of drug-likeness (QED) is 0.382. The molecule has 1 aliphatic heterocycles. The van der Waals surface area contributed by atoms with E-state index >= 15 is 0 Å². The second-order valence-corrected chi connectivity index (χ2v) is 10.4. The SMILES string of the molecule is CCN1CCc2c(sc(-n3cccc3)c2[C@@H](CCC(C)C)NC(=O)Nc2cccc(OC)c2)C1. The van der Waals surface area contributed by atoms with Gasteiger partial charge in [-0.15, -0.1) is 11.3 Å². The number of methoxy groups -OCH3 is 1. The second-order valence-electron chi connectivity index (χ2n) is 9.29. The average Bonchev–Trinajstić information content (AvgIpc) is 3.49. The molecule has 2 aromatic heterocycles. The highest BCUT2D eigenvalue weighted by Crippen LogP contribution is 2.41. The number of carbonyl (C=O) groups excluding carboxylic acids is 1. The van der Waals surface area contributed by atoms with Crippen molar-refractivity contribution in [2.45, 2.75) is 52.6 Å². The molecule has 0 aliphatic carbocycles. The molecular weight excluding hydrogens is 444 g/mol. The summed E-state index contributed by atoms with van der Waals surface area (Å²) in [6, 6.07) is 11.3. The summed E-state index contributed by atoms with van der Waals surface area (Å²) >= 11 is 1.87. The molecule has 0 saturated heterocycles. The molecule has 1 atom stereocenters. The van der Waals surface area contributed by atoms with E-state index in [9.17, 15) is 4.79 Å². The molecule has 3 heterocycles. The number of ether oxygens (including phenoxy) is 1. The Labute approximate surface area is 206 Å². The van der Waals surface area contributed by atoms with E-state index in [1.165, 1.54) is 21.0 Å². The molecule has 0 fully saturated rings. The number of fused-ring (bicyclic) bond motifs is 1. The Morgan fingerprint density at radius 2 is 1.97 bits per heavy atom. The van der Waals surface area contributed by atoms with Crippen molar-refractivity contribution < 1.29 is 9.53 Å². The summed E-state index contributed by atoms with van der Waals surface area (Å²) in [6.07, 6.45) is 7.18. The second kappa shape index (κ2) is 11.1. The third kappa shape index (κ3) is 5.65. The molecule has 2 N–H and O–H groups in total. The molecule has 7 heteroatoms. The zero-order valence-electron chi connectivity index (χ0n) is 20.6. The van der Waals surface area contributed by atoms with Gasteiger partial charge >= 0.3 is 6.03 Å². The van der Waals surface area contributed by atoms with Crippen LogP contribution in [0.4, 0.5) is 10.5 Å². The Morgan fingerprint density at radius 1 is 1.18 bits per heavy atom. The number of nitrogens with zero attached hydrogens (tertiary/aromatic N) is 2. The summed E-state index contributed by atoms with van der Waals surface area (Å²) in [5.41, 5.74) is 3.43. The van der Waals surface area contributed by atoms with Crippen LogP contribution in [-0.2, 0) is 13.0 Å². The maximum atomic E-state index is 13.2. The molecule has 4 rings (SSSR count). The zero-order chi connectivity index (χ0) is 24.1. The number of hydrogen-bond acceptors (Lipinski definition) is 4. The largest absolute Gasteiger partial charge is 0.497 e. The number of aromatic nitrogens is 1. The van der Waals surface area contributed by atoms with Crippen LogP contribution in [-0.4, -0.2) is 35.7 Å². The smallest absolute Gasteiger partial charge is 0.319 e. The lowest BCUT2D eigenvalue weighted by molar-refractivity contribution is 0.246. The summed E-state index contributed by atoms with van der Waals surface area (Å²) < 4.78 is 7.51.